The van der Waals surface area contributed by atoms with Crippen molar-refractivity contribution in [1.29, 1.82) is 0 Å². The van der Waals surface area contributed by atoms with E-state index in [0.717, 1.165) is 5.69 Å². The smallest absolute Gasteiger partial charge is 0.257 e. The molecule has 0 atom stereocenters. The van der Waals surface area contributed by atoms with E-state index in [-0.39, 0.29) is 5.91 Å². The normalized spacial score (nSPS) is 9.74. The van der Waals surface area contributed by atoms with Crippen LogP contribution in [0.3, 0.4) is 0 Å². The molecule has 0 spiro atoms. The van der Waals surface area contributed by atoms with Gasteiger partial charge in [-0.15, -0.1) is 11.3 Å². The van der Waals surface area contributed by atoms with Gasteiger partial charge in [-0.3, -0.25) is 10.1 Å². The van der Waals surface area contributed by atoms with Gasteiger partial charge in [-0.1, -0.05) is 11.6 Å². The summed E-state index contributed by atoms with van der Waals surface area (Å²) in [5, 5.41) is 7.91. The Kier molecular flexibility index (Phi) is 4.76. The van der Waals surface area contributed by atoms with E-state index < -0.39 is 0 Å². The second-order valence-corrected chi connectivity index (χ2v) is 4.99. The number of aromatic nitrogens is 1. The minimum atomic E-state index is -0.226. The van der Waals surface area contributed by atoms with Gasteiger partial charge < -0.3 is 0 Å². The minimum Gasteiger partial charge on any atom is -0.298 e. The van der Waals surface area contributed by atoms with Crippen molar-refractivity contribution in [3.05, 3.63) is 45.9 Å². The third kappa shape index (κ3) is 3.94. The summed E-state index contributed by atoms with van der Waals surface area (Å²) in [6.45, 7) is 0.372. The maximum atomic E-state index is 11.9. The number of anilines is 1. The molecule has 0 aliphatic carbocycles. The number of thiazole rings is 1. The first-order valence-electron chi connectivity index (χ1n) is 5.24. The molecule has 0 saturated carbocycles. The van der Waals surface area contributed by atoms with Crippen molar-refractivity contribution in [3.63, 3.8) is 0 Å². The highest BCUT2D eigenvalue weighted by Crippen LogP contribution is 2.17. The van der Waals surface area contributed by atoms with Gasteiger partial charge in [0.1, 0.15) is 0 Å². The lowest BCUT2D eigenvalue weighted by atomic mass is 10.2. The van der Waals surface area contributed by atoms with Crippen molar-refractivity contribution in [2.24, 2.45) is 4.99 Å². The van der Waals surface area contributed by atoms with Crippen LogP contribution in [0, 0.1) is 0 Å². The Bertz CT molecular complexity index is 633. The van der Waals surface area contributed by atoms with Gasteiger partial charge in [0.05, 0.1) is 17.4 Å². The lowest BCUT2D eigenvalue weighted by Gasteiger charge is -2.01. The Hall–Kier alpha value is -1.59. The van der Waals surface area contributed by atoms with Gasteiger partial charge in [-0.25, -0.2) is 9.98 Å². The zero-order chi connectivity index (χ0) is 13.7. The van der Waals surface area contributed by atoms with Crippen LogP contribution in [0.4, 0.5) is 5.13 Å². The van der Waals surface area contributed by atoms with Gasteiger partial charge in [0.15, 0.2) is 5.13 Å². The van der Waals surface area contributed by atoms with Gasteiger partial charge in [-0.05, 0) is 36.5 Å². The standard InChI is InChI=1S/C12H8ClN3OS2/c13-9-3-1-8(2-4-9)11(17)16-12-15-10(6-19-12)5-14-7-18/h1-4,6H,5H2,(H,15,16,17). The number of aliphatic imine (C=N–C) groups is 1. The van der Waals surface area contributed by atoms with Crippen LogP contribution in [0.25, 0.3) is 0 Å². The molecule has 96 valence electrons. The molecule has 4 nitrogen and oxygen atoms in total. The number of isothiocyanates is 1. The zero-order valence-electron chi connectivity index (χ0n) is 9.59. The molecule has 0 aliphatic heterocycles. The van der Waals surface area contributed by atoms with Crippen molar-refractivity contribution in [2.75, 3.05) is 5.32 Å². The topological polar surface area (TPSA) is 54.4 Å². The van der Waals surface area contributed by atoms with Crippen LogP contribution in [0.1, 0.15) is 16.1 Å². The van der Waals surface area contributed by atoms with E-state index in [9.17, 15) is 4.79 Å². The molecule has 1 aromatic heterocycles. The van der Waals surface area contributed by atoms with Crippen LogP contribution in [0.5, 0.6) is 0 Å². The summed E-state index contributed by atoms with van der Waals surface area (Å²) < 4.78 is 0. The average molecular weight is 310 g/mol. The molecule has 19 heavy (non-hydrogen) atoms. The van der Waals surface area contributed by atoms with Crippen molar-refractivity contribution < 1.29 is 4.79 Å². The second kappa shape index (κ2) is 6.54. The van der Waals surface area contributed by atoms with Gasteiger partial charge >= 0.3 is 0 Å². The Labute approximate surface area is 124 Å². The molecule has 7 heteroatoms. The van der Waals surface area contributed by atoms with Crippen LogP contribution in [-0.4, -0.2) is 16.1 Å². The molecule has 1 N–H and O–H groups in total. The van der Waals surface area contributed by atoms with Crippen LogP contribution < -0.4 is 5.32 Å². The van der Waals surface area contributed by atoms with Crippen molar-refractivity contribution in [1.82, 2.24) is 4.98 Å². The summed E-state index contributed by atoms with van der Waals surface area (Å²) in [5.41, 5.74) is 1.27. The predicted molar refractivity (Wildman–Crippen MR) is 80.2 cm³/mol. The highest BCUT2D eigenvalue weighted by molar-refractivity contribution is 7.78. The fourth-order valence-corrected chi connectivity index (χ4v) is 2.21. The molecule has 1 aromatic carbocycles. The lowest BCUT2D eigenvalue weighted by molar-refractivity contribution is 0.102. The van der Waals surface area contributed by atoms with Crippen molar-refractivity contribution in [2.45, 2.75) is 6.54 Å². The summed E-state index contributed by atoms with van der Waals surface area (Å²) in [7, 11) is 0. The second-order valence-electron chi connectivity index (χ2n) is 3.51. The first kappa shape index (κ1) is 13.8. The fourth-order valence-electron chi connectivity index (χ4n) is 1.32. The highest BCUT2D eigenvalue weighted by Gasteiger charge is 2.08. The van der Waals surface area contributed by atoms with Crippen LogP contribution in [-0.2, 0) is 6.54 Å². The number of amides is 1. The average Bonchev–Trinajstić information content (AvgIpc) is 2.84. The monoisotopic (exact) mass is 309 g/mol. The molecular weight excluding hydrogens is 302 g/mol. The van der Waals surface area contributed by atoms with Crippen molar-refractivity contribution in [3.8, 4) is 0 Å². The van der Waals surface area contributed by atoms with E-state index >= 15 is 0 Å². The largest absolute Gasteiger partial charge is 0.298 e. The molecule has 1 heterocycles. The number of benzene rings is 1. The van der Waals surface area contributed by atoms with E-state index in [1.165, 1.54) is 11.3 Å². The molecule has 2 aromatic rings. The minimum absolute atomic E-state index is 0.226. The molecule has 1 amide bonds. The number of rotatable bonds is 4. The molecule has 0 fully saturated rings. The molecular formula is C12H8ClN3OS2. The van der Waals surface area contributed by atoms with E-state index in [0.29, 0.717) is 22.3 Å². The predicted octanol–water partition coefficient (Wildman–Crippen LogP) is 3.65. The number of halogens is 1. The first-order valence-corrected chi connectivity index (χ1v) is 6.90. The number of hydrogen-bond acceptors (Lipinski definition) is 5. The summed E-state index contributed by atoms with van der Waals surface area (Å²) in [6.07, 6.45) is 0. The maximum Gasteiger partial charge on any atom is 0.257 e. The van der Waals surface area contributed by atoms with E-state index in [4.69, 9.17) is 11.6 Å². The maximum absolute atomic E-state index is 11.9. The van der Waals surface area contributed by atoms with E-state index in [2.05, 4.69) is 32.7 Å². The van der Waals surface area contributed by atoms with E-state index in [1.54, 1.807) is 24.3 Å². The van der Waals surface area contributed by atoms with Crippen molar-refractivity contribution >= 4 is 51.4 Å². The SMILES string of the molecule is O=C(Nc1nc(CN=C=S)cs1)c1ccc(Cl)cc1. The zero-order valence-corrected chi connectivity index (χ0v) is 12.0. The molecule has 0 unspecified atom stereocenters. The number of nitrogens with one attached hydrogen (secondary N) is 1. The number of thiocarbonyl (C=S) groups is 1. The molecule has 0 bridgehead atoms. The number of hydrogen-bond donors (Lipinski definition) is 1. The van der Waals surface area contributed by atoms with Gasteiger partial charge in [0, 0.05) is 16.0 Å². The van der Waals surface area contributed by atoms with Gasteiger partial charge in [0.25, 0.3) is 5.91 Å². The third-order valence-corrected chi connectivity index (χ3v) is 3.37. The Balaban J connectivity index is 2.04. The van der Waals surface area contributed by atoms with Gasteiger partial charge in [-0.2, -0.15) is 0 Å². The van der Waals surface area contributed by atoms with E-state index in [1.807, 2.05) is 5.38 Å². The lowest BCUT2D eigenvalue weighted by Crippen LogP contribution is -2.11. The fraction of sp³-hybridized carbons (Fsp3) is 0.0833. The molecule has 2 rings (SSSR count). The molecule has 0 radical (unpaired) electrons. The third-order valence-electron chi connectivity index (χ3n) is 2.18. The Morgan fingerprint density at radius 3 is 2.89 bits per heavy atom. The number of carbonyl (C=O) groups is 1. The Morgan fingerprint density at radius 2 is 2.21 bits per heavy atom. The summed E-state index contributed by atoms with van der Waals surface area (Å²) in [6, 6.07) is 6.64. The summed E-state index contributed by atoms with van der Waals surface area (Å²) >= 11 is 11.6. The molecule has 0 aliphatic rings. The van der Waals surface area contributed by atoms with Crippen LogP contribution >= 0.6 is 35.2 Å². The summed E-state index contributed by atoms with van der Waals surface area (Å²) in [4.78, 5) is 19.9. The van der Waals surface area contributed by atoms with Crippen LogP contribution in [0.15, 0.2) is 34.6 Å². The quantitative estimate of drug-likeness (QED) is 0.693. The number of nitrogens with zero attached hydrogens (tertiary/aromatic N) is 2. The number of carbonyl (C=O) groups excluding carboxylic acids is 1. The summed E-state index contributed by atoms with van der Waals surface area (Å²) in [5.74, 6) is -0.226. The molecule has 0 saturated heterocycles. The van der Waals surface area contributed by atoms with Gasteiger partial charge in [0.2, 0.25) is 0 Å². The Morgan fingerprint density at radius 1 is 1.47 bits per heavy atom. The van der Waals surface area contributed by atoms with Crippen LogP contribution in [0.2, 0.25) is 5.02 Å². The first-order chi connectivity index (χ1) is 9.19. The highest BCUT2D eigenvalue weighted by atomic mass is 35.5.